The van der Waals surface area contributed by atoms with Gasteiger partial charge in [0, 0.05) is 34.0 Å². The number of nitrogens with two attached hydrogens (primary N) is 1. The molecule has 0 radical (unpaired) electrons. The summed E-state index contributed by atoms with van der Waals surface area (Å²) in [6.45, 7) is 3.56. The highest BCUT2D eigenvalue weighted by Crippen LogP contribution is 2.35. The number of carboxylic acids is 3. The zero-order valence-electron chi connectivity index (χ0n) is 29.6. The van der Waals surface area contributed by atoms with Crippen molar-refractivity contribution >= 4 is 46.1 Å². The van der Waals surface area contributed by atoms with Crippen LogP contribution in [-0.4, -0.2) is 79.6 Å². The molecule has 5 rings (SSSR count). The number of amides is 1. The number of aliphatic carboxylic acids is 3. The molecule has 0 aliphatic carbocycles. The third kappa shape index (κ3) is 12.3. The Bertz CT molecular complexity index is 2200. The van der Waals surface area contributed by atoms with E-state index in [4.69, 9.17) is 35.4 Å². The Balaban J connectivity index is 0.000000531. The highest BCUT2D eigenvalue weighted by atomic mass is 19.4. The Morgan fingerprint density at radius 1 is 0.895 bits per heavy atom. The number of halogens is 7. The maximum atomic E-state index is 16.0. The van der Waals surface area contributed by atoms with Crippen molar-refractivity contribution in [3.05, 3.63) is 101 Å². The van der Waals surface area contributed by atoms with E-state index in [0.717, 1.165) is 16.3 Å². The number of carbonyl (C=O) groups excluding carboxylic acids is 1. The lowest BCUT2D eigenvalue weighted by Crippen LogP contribution is -2.29. The first-order valence-corrected chi connectivity index (χ1v) is 16.3. The number of nitrogens with zero attached hydrogens (tertiary/aromatic N) is 2. The molecule has 1 atom stereocenters. The number of hydrogen-bond acceptors (Lipinski definition) is 9. The third-order valence-corrected chi connectivity index (χ3v) is 7.47. The van der Waals surface area contributed by atoms with Crippen LogP contribution in [0.1, 0.15) is 47.2 Å². The fourth-order valence-electron chi connectivity index (χ4n) is 4.89. The number of hydrogen-bond donors (Lipinski definition) is 7. The normalized spacial score (nSPS) is 11.6. The fourth-order valence-corrected chi connectivity index (χ4v) is 4.89. The number of aromatic amines is 1. The van der Waals surface area contributed by atoms with E-state index in [0.29, 0.717) is 47.2 Å². The van der Waals surface area contributed by atoms with Gasteiger partial charge in [0.25, 0.3) is 5.91 Å². The van der Waals surface area contributed by atoms with Gasteiger partial charge in [-0.1, -0.05) is 31.2 Å². The Hall–Kier alpha value is -6.93. The first kappa shape index (κ1) is 44.5. The Kier molecular flexibility index (Phi) is 14.9. The van der Waals surface area contributed by atoms with Gasteiger partial charge in [-0.25, -0.2) is 23.9 Å². The summed E-state index contributed by atoms with van der Waals surface area (Å²) < 4.78 is 85.2. The van der Waals surface area contributed by atoms with Gasteiger partial charge in [-0.3, -0.25) is 9.59 Å². The molecule has 8 N–H and O–H groups in total. The highest BCUT2D eigenvalue weighted by Gasteiger charge is 2.39. The van der Waals surface area contributed by atoms with Gasteiger partial charge in [0.1, 0.15) is 24.2 Å². The van der Waals surface area contributed by atoms with Crippen molar-refractivity contribution in [2.24, 2.45) is 0 Å². The van der Waals surface area contributed by atoms with Gasteiger partial charge in [0.2, 0.25) is 0 Å². The van der Waals surface area contributed by atoms with Gasteiger partial charge < -0.3 is 41.4 Å². The van der Waals surface area contributed by atoms with Crippen LogP contribution in [0, 0.1) is 5.82 Å². The molecular weight excluding hydrogens is 777 g/mol. The van der Waals surface area contributed by atoms with Crippen molar-refractivity contribution in [3.8, 4) is 17.0 Å². The van der Waals surface area contributed by atoms with Crippen molar-refractivity contribution in [2.75, 3.05) is 24.2 Å². The van der Waals surface area contributed by atoms with Crippen molar-refractivity contribution in [1.29, 1.82) is 0 Å². The molecule has 0 saturated heterocycles. The topological polar surface area (TPSA) is 230 Å². The summed E-state index contributed by atoms with van der Waals surface area (Å²) >= 11 is 0. The molecule has 0 bridgehead atoms. The van der Waals surface area contributed by atoms with Crippen LogP contribution in [0.15, 0.2) is 73.1 Å². The number of nitrogens with one attached hydrogen (secondary N) is 3. The lowest BCUT2D eigenvalue weighted by Gasteiger charge is -2.22. The second-order valence-electron chi connectivity index (χ2n) is 11.4. The predicted molar refractivity (Wildman–Crippen MR) is 190 cm³/mol. The van der Waals surface area contributed by atoms with Crippen LogP contribution in [0.25, 0.3) is 22.0 Å². The SMILES string of the molecule is CCOc1cc(CC)cc(C(Nc2ccc3c(N)nccc3c2)c2ncc(-c3ccccc3C(=O)NCC(=O)O)[nH]2)c1F.O=C(O)C(F)(F)F.O=C(O)C(F)(F)F. The van der Waals surface area contributed by atoms with E-state index < -0.39 is 54.6 Å². The van der Waals surface area contributed by atoms with Crippen LogP contribution in [0.3, 0.4) is 0 Å². The van der Waals surface area contributed by atoms with Gasteiger partial charge >= 0.3 is 30.3 Å². The molecule has 0 aliphatic rings. The molecule has 21 heteroatoms. The monoisotopic (exact) mass is 810 g/mol. The predicted octanol–water partition coefficient (Wildman–Crippen LogP) is 6.59. The lowest BCUT2D eigenvalue weighted by atomic mass is 9.99. The van der Waals surface area contributed by atoms with Gasteiger partial charge in [0.05, 0.1) is 18.5 Å². The highest BCUT2D eigenvalue weighted by molar-refractivity contribution is 6.01. The first-order chi connectivity index (χ1) is 26.7. The Morgan fingerprint density at radius 2 is 1.53 bits per heavy atom. The van der Waals surface area contributed by atoms with Gasteiger partial charge in [-0.05, 0) is 60.7 Å². The van der Waals surface area contributed by atoms with E-state index in [9.17, 15) is 35.9 Å². The van der Waals surface area contributed by atoms with Crippen molar-refractivity contribution in [3.63, 3.8) is 0 Å². The zero-order valence-corrected chi connectivity index (χ0v) is 29.6. The summed E-state index contributed by atoms with van der Waals surface area (Å²) in [5.41, 5.74) is 9.21. The van der Waals surface area contributed by atoms with Gasteiger partial charge in [-0.15, -0.1) is 0 Å². The number of pyridine rings is 1. The molecule has 3 aromatic carbocycles. The Labute approximate surface area is 317 Å². The summed E-state index contributed by atoms with van der Waals surface area (Å²) in [6, 6.07) is 16.9. The molecule has 0 aliphatic heterocycles. The molecular formula is C36H33F7N6O8. The second-order valence-corrected chi connectivity index (χ2v) is 11.4. The fraction of sp³-hybridized carbons (Fsp3) is 0.222. The van der Waals surface area contributed by atoms with Crippen molar-refractivity contribution in [1.82, 2.24) is 20.3 Å². The lowest BCUT2D eigenvalue weighted by molar-refractivity contribution is -0.193. The van der Waals surface area contributed by atoms with Crippen LogP contribution < -0.4 is 21.1 Å². The van der Waals surface area contributed by atoms with E-state index in [1.807, 2.05) is 31.2 Å². The molecule has 0 spiro atoms. The molecule has 1 unspecified atom stereocenters. The number of fused-ring (bicyclic) bond motifs is 1. The number of aromatic nitrogens is 3. The number of carboxylic acid groups (broad SMARTS) is 3. The minimum absolute atomic E-state index is 0.147. The molecule has 2 aromatic heterocycles. The average Bonchev–Trinajstić information content (AvgIpc) is 3.64. The standard InChI is InChI=1S/C32H31FN6O4.2C2HF3O2/c1-3-18-13-24(28(33)26(14-18)43-4-2)29(38-20-9-10-21-19(15-20)11-12-35-30(21)34)31-36-16-25(39-31)22-7-5-6-8-23(22)32(42)37-17-27(40)41;2*3-2(4,5)1(6)7/h5-16,29,38H,3-4,17H2,1-2H3,(H2,34,35)(H,36,39)(H,37,42)(H,40,41);2*(H,6,7). The van der Waals surface area contributed by atoms with Gasteiger partial charge in [0.15, 0.2) is 11.6 Å². The molecule has 1 amide bonds. The molecule has 57 heavy (non-hydrogen) atoms. The molecule has 14 nitrogen and oxygen atoms in total. The summed E-state index contributed by atoms with van der Waals surface area (Å²) in [7, 11) is 0. The van der Waals surface area contributed by atoms with Crippen LogP contribution in [0.4, 0.5) is 42.2 Å². The molecule has 304 valence electrons. The number of rotatable bonds is 11. The first-order valence-electron chi connectivity index (χ1n) is 16.3. The quantitative estimate of drug-likeness (QED) is 0.0701. The molecule has 0 saturated carbocycles. The van der Waals surface area contributed by atoms with Crippen LogP contribution >= 0.6 is 0 Å². The van der Waals surface area contributed by atoms with Crippen LogP contribution in [0.2, 0.25) is 0 Å². The number of aryl methyl sites for hydroxylation is 1. The number of imidazole rings is 1. The molecule has 5 aromatic rings. The number of ether oxygens (including phenoxy) is 1. The number of benzene rings is 3. The maximum Gasteiger partial charge on any atom is 0.490 e. The largest absolute Gasteiger partial charge is 0.491 e. The minimum atomic E-state index is -5.08. The number of nitrogen functional groups attached to an aromatic ring is 1. The smallest absolute Gasteiger partial charge is 0.490 e. The average molecular weight is 811 g/mol. The van der Waals surface area contributed by atoms with E-state index in [1.165, 1.54) is 0 Å². The molecule has 2 heterocycles. The second kappa shape index (κ2) is 19.1. The van der Waals surface area contributed by atoms with E-state index >= 15 is 4.39 Å². The minimum Gasteiger partial charge on any atom is -0.491 e. The molecule has 0 fully saturated rings. The number of carbonyl (C=O) groups is 4. The number of anilines is 2. The summed E-state index contributed by atoms with van der Waals surface area (Å²) in [6.07, 6.45) is -6.32. The summed E-state index contributed by atoms with van der Waals surface area (Å²) in [4.78, 5) is 53.6. The summed E-state index contributed by atoms with van der Waals surface area (Å²) in [5.74, 6) is -6.79. The number of alkyl halides is 6. The number of H-pyrrole nitrogens is 1. The Morgan fingerprint density at radius 3 is 2.11 bits per heavy atom. The van der Waals surface area contributed by atoms with E-state index in [1.54, 1.807) is 55.7 Å². The van der Waals surface area contributed by atoms with Crippen molar-refractivity contribution in [2.45, 2.75) is 38.7 Å². The maximum absolute atomic E-state index is 16.0. The van der Waals surface area contributed by atoms with Crippen LogP contribution in [0.5, 0.6) is 5.75 Å². The zero-order chi connectivity index (χ0) is 42.7. The van der Waals surface area contributed by atoms with Gasteiger partial charge in [-0.2, -0.15) is 26.3 Å². The van der Waals surface area contributed by atoms with Crippen LogP contribution in [-0.2, 0) is 20.8 Å². The van der Waals surface area contributed by atoms with E-state index in [-0.39, 0.29) is 11.3 Å². The third-order valence-electron chi connectivity index (χ3n) is 7.47. The van der Waals surface area contributed by atoms with E-state index in [2.05, 4.69) is 25.6 Å². The van der Waals surface area contributed by atoms with Crippen molar-refractivity contribution < 1.29 is 70.0 Å². The summed E-state index contributed by atoms with van der Waals surface area (Å²) in [5, 5.41) is 30.7.